The molecule has 5 heteroatoms. The van der Waals surface area contributed by atoms with E-state index in [-0.39, 0.29) is 0 Å². The van der Waals surface area contributed by atoms with Crippen molar-refractivity contribution in [3.63, 3.8) is 0 Å². The van der Waals surface area contributed by atoms with Gasteiger partial charge in [0, 0.05) is 13.1 Å². The predicted molar refractivity (Wildman–Crippen MR) is 199 cm³/mol. The Balaban J connectivity index is 1.18. The first-order valence-electron chi connectivity index (χ1n) is 21.4. The Morgan fingerprint density at radius 1 is 0.239 bits per heavy atom. The average molecular weight is 642 g/mol. The van der Waals surface area contributed by atoms with Crippen molar-refractivity contribution in [1.29, 1.82) is 0 Å². The zero-order valence-corrected chi connectivity index (χ0v) is 30.8. The molecule has 5 heterocycles. The topological polar surface area (TPSA) is 16.2 Å². The molecule has 0 aromatic heterocycles. The second-order valence-corrected chi connectivity index (χ2v) is 16.9. The number of hydrogen-bond donors (Lipinski definition) is 0. The third-order valence-corrected chi connectivity index (χ3v) is 13.2. The van der Waals surface area contributed by atoms with Gasteiger partial charge in [-0.2, -0.15) is 0 Å². The zero-order chi connectivity index (χ0) is 31.5. The molecule has 0 spiro atoms. The Kier molecular flexibility index (Phi) is 18.1. The highest BCUT2D eigenvalue weighted by Gasteiger charge is 2.22. The van der Waals surface area contributed by atoms with Crippen LogP contribution in [0.25, 0.3) is 0 Å². The van der Waals surface area contributed by atoms with Crippen LogP contribution in [0, 0.1) is 17.8 Å². The fourth-order valence-corrected chi connectivity index (χ4v) is 9.88. The van der Waals surface area contributed by atoms with Crippen LogP contribution in [0.4, 0.5) is 0 Å². The van der Waals surface area contributed by atoms with Gasteiger partial charge in [-0.05, 0) is 193 Å². The summed E-state index contributed by atoms with van der Waals surface area (Å²) >= 11 is 0. The number of rotatable bonds is 12. The fourth-order valence-electron chi connectivity index (χ4n) is 9.88. The quantitative estimate of drug-likeness (QED) is 0.212. The van der Waals surface area contributed by atoms with Gasteiger partial charge in [0.1, 0.15) is 0 Å². The molecule has 0 saturated carbocycles. The van der Waals surface area contributed by atoms with E-state index in [0.29, 0.717) is 0 Å². The molecule has 0 aromatic carbocycles. The summed E-state index contributed by atoms with van der Waals surface area (Å²) in [4.78, 5) is 14.2. The Bertz CT molecular complexity index is 615. The van der Waals surface area contributed by atoms with E-state index < -0.39 is 0 Å². The lowest BCUT2D eigenvalue weighted by atomic mass is 9.84. The maximum Gasteiger partial charge on any atom is 0.0109 e. The van der Waals surface area contributed by atoms with Gasteiger partial charge in [0.2, 0.25) is 0 Å². The molecular weight excluding hydrogens is 562 g/mol. The molecule has 0 radical (unpaired) electrons. The smallest absolute Gasteiger partial charge is 0.0109 e. The molecule has 0 aliphatic carbocycles. The minimum Gasteiger partial charge on any atom is -0.303 e. The van der Waals surface area contributed by atoms with Crippen LogP contribution in [0.15, 0.2) is 0 Å². The minimum atomic E-state index is 0.933. The van der Waals surface area contributed by atoms with Gasteiger partial charge in [-0.15, -0.1) is 0 Å². The number of likely N-dealkylation sites (tertiary alicyclic amines) is 4. The molecule has 5 rings (SSSR count). The Hall–Kier alpha value is -0.200. The molecule has 5 aliphatic rings. The molecule has 0 N–H and O–H groups in total. The molecule has 3 atom stereocenters. The first kappa shape index (κ1) is 37.1. The van der Waals surface area contributed by atoms with Crippen molar-refractivity contribution in [3.8, 4) is 0 Å². The van der Waals surface area contributed by atoms with Gasteiger partial charge in [-0.25, -0.2) is 0 Å². The molecule has 0 amide bonds. The minimum absolute atomic E-state index is 0.933. The lowest BCUT2D eigenvalue weighted by Crippen LogP contribution is -2.39. The maximum atomic E-state index is 2.94. The van der Waals surface area contributed by atoms with E-state index in [1.807, 2.05) is 0 Å². The summed E-state index contributed by atoms with van der Waals surface area (Å²) in [7, 11) is 0. The van der Waals surface area contributed by atoms with Crippen molar-refractivity contribution in [2.45, 2.75) is 148 Å². The SMILES string of the molecule is C1CCN(CCC2CCCC(CCN3CCCCC3)CCN(CCN3CCCCC3)CCCC(CCN3CCCCC3)CC2)CC1. The third-order valence-electron chi connectivity index (χ3n) is 13.2. The van der Waals surface area contributed by atoms with E-state index in [0.717, 1.165) is 17.8 Å². The summed E-state index contributed by atoms with van der Waals surface area (Å²) < 4.78 is 0. The Morgan fingerprint density at radius 3 is 0.957 bits per heavy atom. The van der Waals surface area contributed by atoms with E-state index in [1.54, 1.807) is 0 Å². The molecule has 3 unspecified atom stereocenters. The average Bonchev–Trinajstić information content (AvgIpc) is 3.11. The van der Waals surface area contributed by atoms with Crippen molar-refractivity contribution >= 4 is 0 Å². The van der Waals surface area contributed by atoms with Crippen molar-refractivity contribution in [2.75, 3.05) is 98.2 Å². The number of piperidine rings is 4. The van der Waals surface area contributed by atoms with Crippen molar-refractivity contribution in [1.82, 2.24) is 24.5 Å². The van der Waals surface area contributed by atoms with Crippen molar-refractivity contribution in [3.05, 3.63) is 0 Å². The van der Waals surface area contributed by atoms with E-state index in [2.05, 4.69) is 24.5 Å². The molecule has 0 aromatic rings. The van der Waals surface area contributed by atoms with Crippen LogP contribution in [0.2, 0.25) is 0 Å². The molecule has 46 heavy (non-hydrogen) atoms. The van der Waals surface area contributed by atoms with Crippen molar-refractivity contribution in [2.24, 2.45) is 17.8 Å². The third kappa shape index (κ3) is 14.7. The van der Waals surface area contributed by atoms with Gasteiger partial charge in [0.05, 0.1) is 0 Å². The summed E-state index contributed by atoms with van der Waals surface area (Å²) in [5, 5.41) is 0. The molecule has 0 bridgehead atoms. The van der Waals surface area contributed by atoms with Crippen LogP contribution in [0.5, 0.6) is 0 Å². The summed E-state index contributed by atoms with van der Waals surface area (Å²) in [6, 6.07) is 0. The van der Waals surface area contributed by atoms with Gasteiger partial charge in [0.25, 0.3) is 0 Å². The highest BCUT2D eigenvalue weighted by Crippen LogP contribution is 2.30. The summed E-state index contributed by atoms with van der Waals surface area (Å²) in [6.07, 6.45) is 33.6. The molecule has 5 nitrogen and oxygen atoms in total. The van der Waals surface area contributed by atoms with E-state index in [9.17, 15) is 0 Å². The number of hydrogen-bond acceptors (Lipinski definition) is 5. The van der Waals surface area contributed by atoms with Crippen LogP contribution in [0.3, 0.4) is 0 Å². The van der Waals surface area contributed by atoms with E-state index >= 15 is 0 Å². The van der Waals surface area contributed by atoms with E-state index in [4.69, 9.17) is 0 Å². The standard InChI is InChI=1S/C41H79N5/c1-5-24-42(25-6-1)33-20-39-15-13-16-41(22-35-44-28-9-3-10-29-44)23-36-46(38-37-45-30-11-4-12-31-45)32-14-17-40(19-18-39)21-34-43-26-7-2-8-27-43/h39-41H,1-38H2. The van der Waals surface area contributed by atoms with Crippen LogP contribution in [-0.4, -0.2) is 123 Å². The van der Waals surface area contributed by atoms with Crippen LogP contribution in [0.1, 0.15) is 148 Å². The lowest BCUT2D eigenvalue weighted by Gasteiger charge is -2.33. The molecule has 268 valence electrons. The second kappa shape index (κ2) is 22.5. The monoisotopic (exact) mass is 642 g/mol. The summed E-state index contributed by atoms with van der Waals surface area (Å²) in [5.74, 6) is 2.84. The Morgan fingerprint density at radius 2 is 0.543 bits per heavy atom. The van der Waals surface area contributed by atoms with Crippen molar-refractivity contribution < 1.29 is 0 Å². The highest BCUT2D eigenvalue weighted by molar-refractivity contribution is 4.76. The summed E-state index contributed by atoms with van der Waals surface area (Å²) in [5.41, 5.74) is 0. The molecular formula is C41H79N5. The number of nitrogens with zero attached hydrogens (tertiary/aromatic N) is 5. The zero-order valence-electron chi connectivity index (χ0n) is 30.8. The van der Waals surface area contributed by atoms with Crippen LogP contribution in [-0.2, 0) is 0 Å². The van der Waals surface area contributed by atoms with Gasteiger partial charge in [0.15, 0.2) is 0 Å². The normalized spacial score (nSPS) is 30.7. The molecule has 5 saturated heterocycles. The largest absolute Gasteiger partial charge is 0.303 e. The maximum absolute atomic E-state index is 2.94. The first-order chi connectivity index (χ1) is 22.8. The lowest BCUT2D eigenvalue weighted by molar-refractivity contribution is 0.158. The molecule has 5 aliphatic heterocycles. The summed E-state index contributed by atoms with van der Waals surface area (Å²) in [6.45, 7) is 20.4. The van der Waals surface area contributed by atoms with Gasteiger partial charge in [-0.1, -0.05) is 57.8 Å². The Labute approximate surface area is 287 Å². The van der Waals surface area contributed by atoms with Gasteiger partial charge in [-0.3, -0.25) is 0 Å². The predicted octanol–water partition coefficient (Wildman–Crippen LogP) is 8.39. The van der Waals surface area contributed by atoms with E-state index in [1.165, 1.54) is 246 Å². The first-order valence-corrected chi connectivity index (χ1v) is 21.4. The fraction of sp³-hybridized carbons (Fsp3) is 1.00. The molecule has 5 fully saturated rings. The van der Waals surface area contributed by atoms with Gasteiger partial charge >= 0.3 is 0 Å². The van der Waals surface area contributed by atoms with Crippen LogP contribution < -0.4 is 0 Å². The van der Waals surface area contributed by atoms with Crippen LogP contribution >= 0.6 is 0 Å². The van der Waals surface area contributed by atoms with Gasteiger partial charge < -0.3 is 24.5 Å². The second-order valence-electron chi connectivity index (χ2n) is 16.9. The highest BCUT2D eigenvalue weighted by atomic mass is 15.2.